The van der Waals surface area contributed by atoms with Crippen molar-refractivity contribution < 1.29 is 14.6 Å². The third-order valence-electron chi connectivity index (χ3n) is 6.29. The summed E-state index contributed by atoms with van der Waals surface area (Å²) in [7, 11) is 3.17. The lowest BCUT2D eigenvalue weighted by Crippen LogP contribution is -2.37. The molecule has 1 aliphatic rings. The highest BCUT2D eigenvalue weighted by atomic mass is 32.1. The summed E-state index contributed by atoms with van der Waals surface area (Å²) in [4.78, 5) is 14.0. The van der Waals surface area contributed by atoms with Crippen LogP contribution in [0, 0.1) is 4.77 Å². The summed E-state index contributed by atoms with van der Waals surface area (Å²) in [6.07, 6.45) is 0.748. The van der Waals surface area contributed by atoms with Crippen LogP contribution >= 0.6 is 12.2 Å². The second kappa shape index (κ2) is 9.40. The first-order valence-corrected chi connectivity index (χ1v) is 11.7. The molecule has 1 unspecified atom stereocenters. The van der Waals surface area contributed by atoms with Crippen LogP contribution in [-0.2, 0) is 6.42 Å². The Labute approximate surface area is 207 Å². The molecule has 7 nitrogen and oxygen atoms in total. The fraction of sp³-hybridized carbons (Fsp3) is 0.185. The van der Waals surface area contributed by atoms with Crippen molar-refractivity contribution in [1.29, 1.82) is 0 Å². The van der Waals surface area contributed by atoms with Crippen molar-refractivity contribution in [2.75, 3.05) is 20.8 Å². The summed E-state index contributed by atoms with van der Waals surface area (Å²) >= 11 is 5.75. The number of fused-ring (bicyclic) bond motifs is 1. The van der Waals surface area contributed by atoms with Gasteiger partial charge in [0.1, 0.15) is 0 Å². The molecule has 1 aromatic heterocycles. The molecule has 3 aromatic carbocycles. The fourth-order valence-corrected chi connectivity index (χ4v) is 5.00. The van der Waals surface area contributed by atoms with E-state index in [1.807, 2.05) is 72.8 Å². The van der Waals surface area contributed by atoms with E-state index in [9.17, 15) is 9.90 Å². The zero-order valence-corrected chi connectivity index (χ0v) is 20.2. The van der Waals surface area contributed by atoms with E-state index in [2.05, 4.69) is 5.32 Å². The lowest BCUT2D eigenvalue weighted by atomic mass is 9.90. The number of hydrogen-bond acceptors (Lipinski definition) is 6. The quantitative estimate of drug-likeness (QED) is 0.409. The number of rotatable bonds is 5. The van der Waals surface area contributed by atoms with Gasteiger partial charge in [-0.1, -0.05) is 36.4 Å². The Bertz CT molecular complexity index is 1500. The van der Waals surface area contributed by atoms with E-state index in [-0.39, 0.29) is 21.8 Å². The van der Waals surface area contributed by atoms with Crippen LogP contribution in [0.5, 0.6) is 17.4 Å². The van der Waals surface area contributed by atoms with Gasteiger partial charge in [0, 0.05) is 6.54 Å². The number of aromatic nitrogens is 2. The summed E-state index contributed by atoms with van der Waals surface area (Å²) in [5.74, 6) is 0.982. The molecule has 178 valence electrons. The molecule has 0 spiro atoms. The third kappa shape index (κ3) is 3.90. The number of nitrogens with zero attached hydrogens (tertiary/aromatic N) is 2. The average molecular weight is 488 g/mol. The van der Waals surface area contributed by atoms with Crippen LogP contribution < -0.4 is 20.3 Å². The SMILES string of the molecule is COc1cc2c(cc1OC)C(c1c(O)n(-c3ccccc3)c(=S)n(-c3ccccc3)c1=O)NCC2. The van der Waals surface area contributed by atoms with E-state index in [1.165, 1.54) is 9.13 Å². The average Bonchev–Trinajstić information content (AvgIpc) is 2.89. The topological polar surface area (TPSA) is 77.7 Å². The Hall–Kier alpha value is -3.88. The molecule has 0 saturated carbocycles. The second-order valence-electron chi connectivity index (χ2n) is 8.21. The molecule has 0 aliphatic carbocycles. The molecule has 0 amide bonds. The molecule has 35 heavy (non-hydrogen) atoms. The fourth-order valence-electron chi connectivity index (χ4n) is 4.62. The summed E-state index contributed by atoms with van der Waals surface area (Å²) in [5.41, 5.74) is 2.97. The van der Waals surface area contributed by atoms with E-state index in [4.69, 9.17) is 21.7 Å². The number of benzene rings is 3. The molecule has 0 bridgehead atoms. The predicted molar refractivity (Wildman–Crippen MR) is 137 cm³/mol. The minimum absolute atomic E-state index is 0.178. The van der Waals surface area contributed by atoms with Crippen molar-refractivity contribution in [3.8, 4) is 28.8 Å². The Balaban J connectivity index is 1.84. The van der Waals surface area contributed by atoms with Crippen LogP contribution in [0.1, 0.15) is 22.7 Å². The highest BCUT2D eigenvalue weighted by molar-refractivity contribution is 7.71. The van der Waals surface area contributed by atoms with Crippen LogP contribution in [-0.4, -0.2) is 35.0 Å². The Morgan fingerprint density at radius 2 is 1.49 bits per heavy atom. The minimum Gasteiger partial charge on any atom is -0.494 e. The molecule has 2 heterocycles. The molecule has 0 fully saturated rings. The maximum atomic E-state index is 14.0. The number of methoxy groups -OCH3 is 2. The van der Waals surface area contributed by atoms with Crippen molar-refractivity contribution in [3.63, 3.8) is 0 Å². The molecule has 8 heteroatoms. The lowest BCUT2D eigenvalue weighted by molar-refractivity contribution is 0.352. The molecular formula is C27H25N3O4S. The number of para-hydroxylation sites is 2. The number of hydrogen-bond donors (Lipinski definition) is 2. The molecule has 0 radical (unpaired) electrons. The molecule has 5 rings (SSSR count). The van der Waals surface area contributed by atoms with Gasteiger partial charge in [-0.3, -0.25) is 13.9 Å². The van der Waals surface area contributed by atoms with Gasteiger partial charge in [0.25, 0.3) is 5.56 Å². The Morgan fingerprint density at radius 3 is 2.09 bits per heavy atom. The monoisotopic (exact) mass is 487 g/mol. The molecule has 4 aromatic rings. The number of ether oxygens (including phenoxy) is 2. The largest absolute Gasteiger partial charge is 0.494 e. The van der Waals surface area contributed by atoms with Gasteiger partial charge in [-0.05, 0) is 66.2 Å². The van der Waals surface area contributed by atoms with Crippen LogP contribution in [0.15, 0.2) is 77.6 Å². The predicted octanol–water partition coefficient (Wildman–Crippen LogP) is 4.32. The first-order valence-electron chi connectivity index (χ1n) is 11.2. The van der Waals surface area contributed by atoms with E-state index in [0.717, 1.165) is 17.5 Å². The first-order chi connectivity index (χ1) is 17.0. The highest BCUT2D eigenvalue weighted by Gasteiger charge is 2.31. The van der Waals surface area contributed by atoms with E-state index in [1.54, 1.807) is 14.2 Å². The zero-order chi connectivity index (χ0) is 24.5. The van der Waals surface area contributed by atoms with Crippen molar-refractivity contribution in [2.45, 2.75) is 12.5 Å². The van der Waals surface area contributed by atoms with Gasteiger partial charge in [0.15, 0.2) is 16.3 Å². The molecule has 0 saturated heterocycles. The maximum absolute atomic E-state index is 14.0. The lowest BCUT2D eigenvalue weighted by Gasteiger charge is -2.29. The normalized spacial score (nSPS) is 14.9. The van der Waals surface area contributed by atoms with Crippen molar-refractivity contribution in [1.82, 2.24) is 14.5 Å². The van der Waals surface area contributed by atoms with E-state index < -0.39 is 6.04 Å². The summed E-state index contributed by atoms with van der Waals surface area (Å²) in [6.45, 7) is 0.623. The van der Waals surface area contributed by atoms with Crippen molar-refractivity contribution in [3.05, 3.63) is 105 Å². The van der Waals surface area contributed by atoms with E-state index >= 15 is 0 Å². The zero-order valence-electron chi connectivity index (χ0n) is 19.4. The van der Waals surface area contributed by atoms with Crippen molar-refractivity contribution >= 4 is 12.2 Å². The number of aromatic hydroxyl groups is 1. The molecule has 2 N–H and O–H groups in total. The molecular weight excluding hydrogens is 462 g/mol. The second-order valence-corrected chi connectivity index (χ2v) is 8.58. The van der Waals surface area contributed by atoms with Crippen LogP contribution in [0.4, 0.5) is 0 Å². The van der Waals surface area contributed by atoms with Gasteiger partial charge in [-0.25, -0.2) is 0 Å². The summed E-state index contributed by atoms with van der Waals surface area (Å²) in [5, 5.41) is 15.0. The smallest absolute Gasteiger partial charge is 0.267 e. The summed E-state index contributed by atoms with van der Waals surface area (Å²) < 4.78 is 14.2. The highest BCUT2D eigenvalue weighted by Crippen LogP contribution is 2.39. The third-order valence-corrected chi connectivity index (χ3v) is 6.65. The first kappa shape index (κ1) is 22.9. The summed E-state index contributed by atoms with van der Waals surface area (Å²) in [6, 6.07) is 21.7. The Morgan fingerprint density at radius 1 is 0.914 bits per heavy atom. The van der Waals surface area contributed by atoms with Gasteiger partial charge in [-0.15, -0.1) is 0 Å². The van der Waals surface area contributed by atoms with Gasteiger partial charge < -0.3 is 19.9 Å². The van der Waals surface area contributed by atoms with Crippen molar-refractivity contribution in [2.24, 2.45) is 0 Å². The molecule has 1 aliphatic heterocycles. The van der Waals surface area contributed by atoms with Gasteiger partial charge in [-0.2, -0.15) is 0 Å². The van der Waals surface area contributed by atoms with Gasteiger partial charge in [0.2, 0.25) is 5.88 Å². The number of nitrogens with one attached hydrogen (secondary N) is 1. The van der Waals surface area contributed by atoms with E-state index in [0.29, 0.717) is 29.4 Å². The molecule has 1 atom stereocenters. The minimum atomic E-state index is -0.577. The van der Waals surface area contributed by atoms with Crippen LogP contribution in [0.2, 0.25) is 0 Å². The maximum Gasteiger partial charge on any atom is 0.267 e. The van der Waals surface area contributed by atoms with Gasteiger partial charge >= 0.3 is 0 Å². The van der Waals surface area contributed by atoms with Crippen LogP contribution in [0.25, 0.3) is 11.4 Å². The Kier molecular flexibility index (Phi) is 6.15. The van der Waals surface area contributed by atoms with Crippen LogP contribution in [0.3, 0.4) is 0 Å². The van der Waals surface area contributed by atoms with Gasteiger partial charge in [0.05, 0.1) is 37.2 Å². The standard InChI is InChI=1S/C27H25N3O4S/c1-33-21-15-17-13-14-28-24(20(17)16-22(21)34-2)23-25(31)29(18-9-5-3-6-10-18)27(35)30(26(23)32)19-11-7-4-8-12-19/h3-12,15-16,24,28,31H,13-14H2,1-2H3.